The zero-order valence-electron chi connectivity index (χ0n) is 27.9. The number of rotatable bonds is 10. The van der Waals surface area contributed by atoms with Crippen LogP contribution in [0.25, 0.3) is 0 Å². The third-order valence-corrected chi connectivity index (χ3v) is 7.87. The van der Waals surface area contributed by atoms with E-state index in [1.807, 2.05) is 37.3 Å². The van der Waals surface area contributed by atoms with Crippen LogP contribution in [0.3, 0.4) is 0 Å². The number of hydrogen-bond donors (Lipinski definition) is 4. The van der Waals surface area contributed by atoms with E-state index in [1.54, 1.807) is 40.1 Å². The quantitative estimate of drug-likeness (QED) is 0.193. The molecule has 0 spiro atoms. The summed E-state index contributed by atoms with van der Waals surface area (Å²) in [7, 11) is 0. The number of nitrogens with one attached hydrogen (secondary N) is 3. The molecule has 0 radical (unpaired) electrons. The van der Waals surface area contributed by atoms with Crippen LogP contribution in [0.2, 0.25) is 0 Å². The molecule has 11 nitrogen and oxygen atoms in total. The van der Waals surface area contributed by atoms with Gasteiger partial charge in [0.15, 0.2) is 11.1 Å². The Kier molecular flexibility index (Phi) is 10.6. The summed E-state index contributed by atoms with van der Waals surface area (Å²) in [6.45, 7) is 9.92. The number of pyridine rings is 1. The summed E-state index contributed by atoms with van der Waals surface area (Å²) in [5, 5.41) is 16.0. The van der Waals surface area contributed by atoms with Crippen LogP contribution in [-0.2, 0) is 36.8 Å². The molecule has 2 atom stereocenters. The van der Waals surface area contributed by atoms with E-state index in [0.717, 1.165) is 11.6 Å². The molecule has 1 unspecified atom stereocenters. The van der Waals surface area contributed by atoms with E-state index in [9.17, 15) is 19.5 Å². The first kappa shape index (κ1) is 36.1. The number of unbranched alkanes of at least 4 members (excludes halogenated alkanes) is 1. The lowest BCUT2D eigenvalue weighted by Crippen LogP contribution is -2.69. The van der Waals surface area contributed by atoms with E-state index in [4.69, 9.17) is 14.3 Å². The van der Waals surface area contributed by atoms with Gasteiger partial charge in [-0.1, -0.05) is 69.1 Å². The summed E-state index contributed by atoms with van der Waals surface area (Å²) in [5.41, 5.74) is -4.75. The van der Waals surface area contributed by atoms with Crippen molar-refractivity contribution in [1.82, 2.24) is 21.1 Å². The second-order valence-corrected chi connectivity index (χ2v) is 12.9. The minimum Gasteiger partial charge on any atom is -0.508 e. The summed E-state index contributed by atoms with van der Waals surface area (Å²) in [5.74, 6) is -3.33. The molecule has 4 rings (SSSR count). The van der Waals surface area contributed by atoms with E-state index < -0.39 is 58.1 Å². The Hall–Kier alpha value is -4.78. The van der Waals surface area contributed by atoms with E-state index in [2.05, 4.69) is 15.6 Å². The number of hydroxylamine groups is 1. The number of halogens is 2. The number of amides is 2. The largest absolute Gasteiger partial charge is 0.508 e. The van der Waals surface area contributed by atoms with Crippen LogP contribution in [0.15, 0.2) is 66.9 Å². The number of alkyl carbamates (subject to hydrolysis) is 1. The lowest BCUT2D eigenvalue weighted by molar-refractivity contribution is -0.216. The van der Waals surface area contributed by atoms with Crippen molar-refractivity contribution < 1.29 is 42.6 Å². The Morgan fingerprint density at radius 2 is 1.77 bits per heavy atom. The number of aromatic hydroxyl groups is 1. The first-order chi connectivity index (χ1) is 22.6. The van der Waals surface area contributed by atoms with Crippen LogP contribution in [0.4, 0.5) is 13.6 Å². The molecule has 258 valence electrons. The molecule has 4 N–H and O–H groups in total. The Balaban J connectivity index is 2.03. The van der Waals surface area contributed by atoms with Crippen molar-refractivity contribution in [2.45, 2.75) is 90.1 Å². The maximum Gasteiger partial charge on any atom is 0.408 e. The predicted molar refractivity (Wildman–Crippen MR) is 172 cm³/mol. The first-order valence-corrected chi connectivity index (χ1v) is 15.7. The number of benzene rings is 2. The molecular formula is C35H42F2N4O7. The molecule has 1 aliphatic rings. The number of phenolic OH excluding ortho intramolecular Hbond substituents is 1. The molecule has 2 amide bonds. The minimum absolute atomic E-state index is 0.00498. The van der Waals surface area contributed by atoms with E-state index in [-0.39, 0.29) is 29.9 Å². The Labute approximate surface area is 278 Å². The molecule has 3 aromatic rings. The molecule has 48 heavy (non-hydrogen) atoms. The van der Waals surface area contributed by atoms with Crippen molar-refractivity contribution in [2.24, 2.45) is 5.92 Å². The second-order valence-electron chi connectivity index (χ2n) is 12.9. The molecule has 0 aliphatic carbocycles. The number of ether oxygens (including phenoxy) is 2. The van der Waals surface area contributed by atoms with Crippen LogP contribution in [0.1, 0.15) is 83.2 Å². The van der Waals surface area contributed by atoms with Crippen molar-refractivity contribution in [2.75, 3.05) is 0 Å². The van der Waals surface area contributed by atoms with Gasteiger partial charge in [-0.05, 0) is 62.4 Å². The maximum atomic E-state index is 17.0. The number of alkyl halides is 2. The van der Waals surface area contributed by atoms with E-state index in [0.29, 0.717) is 12.8 Å². The van der Waals surface area contributed by atoms with Gasteiger partial charge < -0.3 is 30.1 Å². The van der Waals surface area contributed by atoms with Crippen molar-refractivity contribution in [1.29, 1.82) is 0 Å². The highest BCUT2D eigenvalue weighted by molar-refractivity contribution is 5.89. The third kappa shape index (κ3) is 7.35. The number of fused-ring (bicyclic) bond motifs is 1. The number of phenols is 1. The molecule has 0 saturated carbocycles. The summed E-state index contributed by atoms with van der Waals surface area (Å²) in [4.78, 5) is 50.1. The highest BCUT2D eigenvalue weighted by Crippen LogP contribution is 2.49. The Morgan fingerprint density at radius 3 is 2.42 bits per heavy atom. The second kappa shape index (κ2) is 14.1. The fourth-order valence-corrected chi connectivity index (χ4v) is 5.58. The SMILES string of the molecule is CCCCC(=O)NC1(c2cc(O)cc(OCc3ccccc3)c2)c2ncccc2[C@@](NC(=O)OC(C)(C)C)(C(C)C)C(=O)ONC1(F)F. The topological polar surface area (TPSA) is 148 Å². The number of carbonyl (C=O) groups is 3. The van der Waals surface area contributed by atoms with Gasteiger partial charge in [0.05, 0.1) is 5.69 Å². The standard InChI is InChI=1S/C35H42F2N4O7/c1-7-8-16-28(43)39-34(24-18-25(42)20-26(19-24)46-21-23-13-10-9-11-14-23)29-27(15-12-17-38-29)33(22(2)3,30(44)48-41-35(34,36)37)40-31(45)47-32(4,5)6/h9-15,17-20,22,41-42H,7-8,16,21H2,1-6H3,(H,39,43)(H,40,45)/t33-,34?/m0/s1. The summed E-state index contributed by atoms with van der Waals surface area (Å²) in [6, 6.07) is 11.1. The van der Waals surface area contributed by atoms with Gasteiger partial charge in [-0.15, -0.1) is 0 Å². The molecule has 2 aromatic carbocycles. The van der Waals surface area contributed by atoms with Gasteiger partial charge in [0, 0.05) is 24.2 Å². The minimum atomic E-state index is -4.30. The highest BCUT2D eigenvalue weighted by Gasteiger charge is 2.65. The monoisotopic (exact) mass is 668 g/mol. The first-order valence-electron chi connectivity index (χ1n) is 15.7. The molecule has 1 aliphatic heterocycles. The molecule has 13 heteroatoms. The van der Waals surface area contributed by atoms with Crippen LogP contribution in [-0.4, -0.2) is 39.7 Å². The number of hydrogen-bond acceptors (Lipinski definition) is 9. The Bertz CT molecular complexity index is 1630. The smallest absolute Gasteiger partial charge is 0.408 e. The number of carbonyl (C=O) groups excluding carboxylic acids is 3. The van der Waals surface area contributed by atoms with Gasteiger partial charge in [0.2, 0.25) is 5.91 Å². The molecule has 2 heterocycles. The Morgan fingerprint density at radius 1 is 1.06 bits per heavy atom. The van der Waals surface area contributed by atoms with Gasteiger partial charge in [0.25, 0.3) is 0 Å². The number of nitrogens with zero attached hydrogens (tertiary/aromatic N) is 1. The lowest BCUT2D eigenvalue weighted by atomic mass is 9.72. The van der Waals surface area contributed by atoms with Gasteiger partial charge in [-0.2, -0.15) is 8.78 Å². The van der Waals surface area contributed by atoms with Gasteiger partial charge in [-0.3, -0.25) is 9.78 Å². The highest BCUT2D eigenvalue weighted by atomic mass is 19.3. The van der Waals surface area contributed by atoms with E-state index in [1.165, 1.54) is 30.5 Å². The van der Waals surface area contributed by atoms with E-state index >= 15 is 8.78 Å². The van der Waals surface area contributed by atoms with Crippen LogP contribution in [0.5, 0.6) is 11.5 Å². The average molecular weight is 669 g/mol. The molecule has 0 saturated heterocycles. The summed E-state index contributed by atoms with van der Waals surface area (Å²) < 4.78 is 45.3. The maximum absolute atomic E-state index is 17.0. The molecule has 0 bridgehead atoms. The van der Waals surface area contributed by atoms with Gasteiger partial charge >= 0.3 is 18.1 Å². The lowest BCUT2D eigenvalue weighted by Gasteiger charge is -2.47. The normalized spacial score (nSPS) is 20.5. The summed E-state index contributed by atoms with van der Waals surface area (Å²) >= 11 is 0. The van der Waals surface area contributed by atoms with Crippen molar-refractivity contribution in [3.05, 3.63) is 89.2 Å². The van der Waals surface area contributed by atoms with Crippen molar-refractivity contribution in [3.63, 3.8) is 0 Å². The predicted octanol–water partition coefficient (Wildman–Crippen LogP) is 5.95. The zero-order valence-corrected chi connectivity index (χ0v) is 27.9. The third-order valence-electron chi connectivity index (χ3n) is 7.87. The number of aromatic nitrogens is 1. The summed E-state index contributed by atoms with van der Waals surface area (Å²) in [6.07, 6.45) is 1.05. The van der Waals surface area contributed by atoms with Gasteiger partial charge in [-0.25, -0.2) is 9.59 Å². The molecular weight excluding hydrogens is 626 g/mol. The fourth-order valence-electron chi connectivity index (χ4n) is 5.58. The van der Waals surface area contributed by atoms with Crippen LogP contribution < -0.4 is 20.9 Å². The fraction of sp³-hybridized carbons (Fsp3) is 0.429. The molecule has 0 fully saturated rings. The van der Waals surface area contributed by atoms with Crippen LogP contribution >= 0.6 is 0 Å². The van der Waals surface area contributed by atoms with Crippen LogP contribution in [0, 0.1) is 5.92 Å². The zero-order chi connectivity index (χ0) is 35.3. The molecule has 1 aromatic heterocycles. The average Bonchev–Trinajstić information content (AvgIpc) is 3.02. The van der Waals surface area contributed by atoms with Crippen molar-refractivity contribution >= 4 is 18.0 Å². The van der Waals surface area contributed by atoms with Gasteiger partial charge in [0.1, 0.15) is 23.7 Å². The van der Waals surface area contributed by atoms with Crippen molar-refractivity contribution in [3.8, 4) is 11.5 Å².